The average Bonchev–Trinajstić information content (AvgIpc) is 2.42. The van der Waals surface area contributed by atoms with Crippen LogP contribution in [0.15, 0.2) is 48.5 Å². The van der Waals surface area contributed by atoms with Gasteiger partial charge in [-0.05, 0) is 37.1 Å². The topological polar surface area (TPSA) is 38.3 Å². The summed E-state index contributed by atoms with van der Waals surface area (Å²) in [6.07, 6.45) is 0.380. The van der Waals surface area contributed by atoms with Gasteiger partial charge in [-0.1, -0.05) is 30.3 Å². The van der Waals surface area contributed by atoms with Gasteiger partial charge in [-0.25, -0.2) is 0 Å². The molecule has 104 valence electrons. The molecule has 0 spiro atoms. The molecule has 1 amide bonds. The molecule has 0 fully saturated rings. The zero-order valence-electron chi connectivity index (χ0n) is 11.8. The highest BCUT2D eigenvalue weighted by Gasteiger charge is 2.06. The maximum atomic E-state index is 12.1. The van der Waals surface area contributed by atoms with Gasteiger partial charge in [0.05, 0.1) is 13.0 Å². The maximum Gasteiger partial charge on any atom is 0.228 e. The minimum Gasteiger partial charge on any atom is -0.494 e. The van der Waals surface area contributed by atoms with Gasteiger partial charge in [-0.2, -0.15) is 0 Å². The number of amides is 1. The predicted molar refractivity (Wildman–Crippen MR) is 81.1 cm³/mol. The zero-order chi connectivity index (χ0) is 14.4. The number of hydrogen-bond donors (Lipinski definition) is 1. The molecule has 0 unspecified atom stereocenters. The van der Waals surface area contributed by atoms with E-state index in [0.717, 1.165) is 22.6 Å². The molecule has 0 atom stereocenters. The van der Waals surface area contributed by atoms with Crippen molar-refractivity contribution >= 4 is 11.6 Å². The Bertz CT molecular complexity index is 593. The molecular weight excluding hydrogens is 250 g/mol. The standard InChI is InChI=1S/C17H19NO2/c1-3-20-16-10-6-9-15(12-16)18-17(19)11-14-8-5-4-7-13(14)2/h4-10,12H,3,11H2,1-2H3,(H,18,19). The third-order valence-corrected chi connectivity index (χ3v) is 3.04. The van der Waals surface area contributed by atoms with Crippen LogP contribution in [0.3, 0.4) is 0 Å². The van der Waals surface area contributed by atoms with Gasteiger partial charge in [0.15, 0.2) is 0 Å². The van der Waals surface area contributed by atoms with Crippen molar-refractivity contribution in [3.63, 3.8) is 0 Å². The summed E-state index contributed by atoms with van der Waals surface area (Å²) >= 11 is 0. The van der Waals surface area contributed by atoms with Gasteiger partial charge in [0, 0.05) is 11.8 Å². The van der Waals surface area contributed by atoms with Crippen molar-refractivity contribution in [3.05, 3.63) is 59.7 Å². The first-order valence-electron chi connectivity index (χ1n) is 6.76. The molecule has 0 aliphatic heterocycles. The Hall–Kier alpha value is -2.29. The Morgan fingerprint density at radius 2 is 1.95 bits per heavy atom. The van der Waals surface area contributed by atoms with Crippen LogP contribution >= 0.6 is 0 Å². The highest BCUT2D eigenvalue weighted by Crippen LogP contribution is 2.18. The van der Waals surface area contributed by atoms with E-state index in [4.69, 9.17) is 4.74 Å². The summed E-state index contributed by atoms with van der Waals surface area (Å²) in [4.78, 5) is 12.1. The Labute approximate surface area is 119 Å². The zero-order valence-corrected chi connectivity index (χ0v) is 11.8. The molecule has 0 heterocycles. The molecule has 0 aliphatic carbocycles. The van der Waals surface area contributed by atoms with Crippen LogP contribution in [-0.2, 0) is 11.2 Å². The van der Waals surface area contributed by atoms with Gasteiger partial charge >= 0.3 is 0 Å². The number of rotatable bonds is 5. The van der Waals surface area contributed by atoms with Crippen LogP contribution in [0.25, 0.3) is 0 Å². The van der Waals surface area contributed by atoms with Crippen LogP contribution in [0.4, 0.5) is 5.69 Å². The minimum absolute atomic E-state index is 0.0204. The lowest BCUT2D eigenvalue weighted by atomic mass is 10.1. The van der Waals surface area contributed by atoms with E-state index < -0.39 is 0 Å². The molecule has 20 heavy (non-hydrogen) atoms. The summed E-state index contributed by atoms with van der Waals surface area (Å²) < 4.78 is 5.41. The molecule has 0 saturated heterocycles. The molecule has 1 N–H and O–H groups in total. The molecule has 2 aromatic rings. The summed E-state index contributed by atoms with van der Waals surface area (Å²) in [5, 5.41) is 2.90. The molecule has 0 radical (unpaired) electrons. The fourth-order valence-electron chi connectivity index (χ4n) is 2.02. The smallest absolute Gasteiger partial charge is 0.228 e. The van der Waals surface area contributed by atoms with E-state index in [1.54, 1.807) is 0 Å². The molecular formula is C17H19NO2. The van der Waals surface area contributed by atoms with Crippen LogP contribution in [0.5, 0.6) is 5.75 Å². The van der Waals surface area contributed by atoms with E-state index in [2.05, 4.69) is 5.32 Å². The number of anilines is 1. The highest BCUT2D eigenvalue weighted by atomic mass is 16.5. The van der Waals surface area contributed by atoms with Gasteiger partial charge in [0.25, 0.3) is 0 Å². The van der Waals surface area contributed by atoms with Gasteiger partial charge in [0.1, 0.15) is 5.75 Å². The minimum atomic E-state index is -0.0204. The third kappa shape index (κ3) is 3.85. The van der Waals surface area contributed by atoms with Crippen molar-refractivity contribution in [1.29, 1.82) is 0 Å². The molecule has 2 rings (SSSR count). The first-order valence-corrected chi connectivity index (χ1v) is 6.76. The summed E-state index contributed by atoms with van der Waals surface area (Å²) in [5.41, 5.74) is 2.94. The molecule has 3 heteroatoms. The fourth-order valence-corrected chi connectivity index (χ4v) is 2.02. The van der Waals surface area contributed by atoms with Gasteiger partial charge in [0.2, 0.25) is 5.91 Å². The lowest BCUT2D eigenvalue weighted by Gasteiger charge is -2.09. The van der Waals surface area contributed by atoms with Crippen molar-refractivity contribution in [2.75, 3.05) is 11.9 Å². The monoisotopic (exact) mass is 269 g/mol. The predicted octanol–water partition coefficient (Wildman–Crippen LogP) is 3.57. The number of carbonyl (C=O) groups excluding carboxylic acids is 1. The molecule has 2 aromatic carbocycles. The average molecular weight is 269 g/mol. The Balaban J connectivity index is 2.01. The van der Waals surface area contributed by atoms with Crippen molar-refractivity contribution in [1.82, 2.24) is 0 Å². The first-order chi connectivity index (χ1) is 9.69. The summed E-state index contributed by atoms with van der Waals surface area (Å²) in [5.74, 6) is 0.745. The largest absolute Gasteiger partial charge is 0.494 e. The van der Waals surface area contributed by atoms with Crippen molar-refractivity contribution < 1.29 is 9.53 Å². The number of nitrogens with one attached hydrogen (secondary N) is 1. The number of ether oxygens (including phenoxy) is 1. The Morgan fingerprint density at radius 1 is 1.15 bits per heavy atom. The van der Waals surface area contributed by atoms with E-state index in [0.29, 0.717) is 13.0 Å². The van der Waals surface area contributed by atoms with Crippen molar-refractivity contribution in [2.24, 2.45) is 0 Å². The second-order valence-corrected chi connectivity index (χ2v) is 4.61. The second-order valence-electron chi connectivity index (χ2n) is 4.61. The van der Waals surface area contributed by atoms with Crippen LogP contribution in [0.1, 0.15) is 18.1 Å². The number of aryl methyl sites for hydroxylation is 1. The molecule has 0 bridgehead atoms. The maximum absolute atomic E-state index is 12.1. The fraction of sp³-hybridized carbons (Fsp3) is 0.235. The normalized spacial score (nSPS) is 10.1. The van der Waals surface area contributed by atoms with E-state index in [-0.39, 0.29) is 5.91 Å². The van der Waals surface area contributed by atoms with Gasteiger partial charge in [-0.15, -0.1) is 0 Å². The molecule has 0 saturated carbocycles. The van der Waals surface area contributed by atoms with E-state index in [1.165, 1.54) is 0 Å². The van der Waals surface area contributed by atoms with Crippen molar-refractivity contribution in [2.45, 2.75) is 20.3 Å². The quantitative estimate of drug-likeness (QED) is 0.901. The second kappa shape index (κ2) is 6.75. The van der Waals surface area contributed by atoms with Crippen LogP contribution in [0, 0.1) is 6.92 Å². The van der Waals surface area contributed by atoms with Gasteiger partial charge < -0.3 is 10.1 Å². The van der Waals surface area contributed by atoms with E-state index in [1.807, 2.05) is 62.4 Å². The van der Waals surface area contributed by atoms with Gasteiger partial charge in [-0.3, -0.25) is 4.79 Å². The summed E-state index contributed by atoms with van der Waals surface area (Å²) in [6.45, 7) is 4.56. The van der Waals surface area contributed by atoms with E-state index in [9.17, 15) is 4.79 Å². The van der Waals surface area contributed by atoms with Crippen LogP contribution < -0.4 is 10.1 Å². The first kappa shape index (κ1) is 14.1. The summed E-state index contributed by atoms with van der Waals surface area (Å²) in [6, 6.07) is 15.4. The Morgan fingerprint density at radius 3 is 2.70 bits per heavy atom. The molecule has 3 nitrogen and oxygen atoms in total. The Kier molecular flexibility index (Phi) is 4.77. The number of carbonyl (C=O) groups is 1. The molecule has 0 aliphatic rings. The summed E-state index contributed by atoms with van der Waals surface area (Å²) in [7, 11) is 0. The third-order valence-electron chi connectivity index (χ3n) is 3.04. The lowest BCUT2D eigenvalue weighted by molar-refractivity contribution is -0.115. The lowest BCUT2D eigenvalue weighted by Crippen LogP contribution is -2.15. The molecule has 0 aromatic heterocycles. The SMILES string of the molecule is CCOc1cccc(NC(=O)Cc2ccccc2C)c1. The number of benzene rings is 2. The van der Waals surface area contributed by atoms with Crippen LogP contribution in [-0.4, -0.2) is 12.5 Å². The number of hydrogen-bond acceptors (Lipinski definition) is 2. The van der Waals surface area contributed by atoms with Crippen molar-refractivity contribution in [3.8, 4) is 5.75 Å². The van der Waals surface area contributed by atoms with Crippen LogP contribution in [0.2, 0.25) is 0 Å². The van der Waals surface area contributed by atoms with E-state index >= 15 is 0 Å². The highest BCUT2D eigenvalue weighted by molar-refractivity contribution is 5.92.